The Morgan fingerprint density at radius 3 is 2.29 bits per heavy atom. The van der Waals surface area contributed by atoms with Crippen molar-refractivity contribution in [1.82, 2.24) is 9.88 Å². The SMILES string of the molecule is CC(C)c1ccc(N(C(=O)CCN2C(=O)[C@@H]3CCCC[C@H]3C2=O)c2nc3ccccc3s2)cc1. The Kier molecular flexibility index (Phi) is 6.21. The van der Waals surface area contributed by atoms with Gasteiger partial charge in [0.15, 0.2) is 5.13 Å². The molecule has 5 rings (SSSR count). The van der Waals surface area contributed by atoms with Gasteiger partial charge in [-0.3, -0.25) is 24.2 Å². The highest BCUT2D eigenvalue weighted by molar-refractivity contribution is 7.22. The number of aromatic nitrogens is 1. The Hall–Kier alpha value is -3.06. The number of thiazole rings is 1. The summed E-state index contributed by atoms with van der Waals surface area (Å²) in [4.78, 5) is 47.0. The van der Waals surface area contributed by atoms with Crippen molar-refractivity contribution >= 4 is 50.1 Å². The minimum atomic E-state index is -0.194. The molecular weight excluding hydrogens is 446 g/mol. The van der Waals surface area contributed by atoms with Gasteiger partial charge >= 0.3 is 0 Å². The summed E-state index contributed by atoms with van der Waals surface area (Å²) in [5.74, 6) is -0.380. The number of para-hydroxylation sites is 1. The average molecular weight is 476 g/mol. The van der Waals surface area contributed by atoms with Crippen molar-refractivity contribution < 1.29 is 14.4 Å². The van der Waals surface area contributed by atoms with Crippen LogP contribution < -0.4 is 4.90 Å². The molecule has 34 heavy (non-hydrogen) atoms. The van der Waals surface area contributed by atoms with Crippen molar-refractivity contribution in [2.45, 2.75) is 51.9 Å². The number of fused-ring (bicyclic) bond motifs is 2. The van der Waals surface area contributed by atoms with Crippen LogP contribution in [0.1, 0.15) is 57.4 Å². The van der Waals surface area contributed by atoms with Gasteiger partial charge in [-0.2, -0.15) is 0 Å². The molecule has 0 radical (unpaired) electrons. The summed E-state index contributed by atoms with van der Waals surface area (Å²) in [7, 11) is 0. The van der Waals surface area contributed by atoms with E-state index in [1.807, 2.05) is 48.5 Å². The molecule has 1 saturated carbocycles. The number of likely N-dealkylation sites (tertiary alicyclic amines) is 1. The summed E-state index contributed by atoms with van der Waals surface area (Å²) in [6.45, 7) is 4.38. The molecule has 6 nitrogen and oxygen atoms in total. The molecule has 1 aliphatic carbocycles. The third-order valence-electron chi connectivity index (χ3n) is 7.02. The fraction of sp³-hybridized carbons (Fsp3) is 0.407. The predicted octanol–water partition coefficient (Wildman–Crippen LogP) is 5.65. The fourth-order valence-electron chi connectivity index (χ4n) is 5.10. The first-order chi connectivity index (χ1) is 16.4. The number of hydrogen-bond acceptors (Lipinski definition) is 5. The van der Waals surface area contributed by atoms with Crippen LogP contribution in [0.5, 0.6) is 0 Å². The van der Waals surface area contributed by atoms with E-state index in [9.17, 15) is 14.4 Å². The van der Waals surface area contributed by atoms with Gasteiger partial charge in [0.25, 0.3) is 0 Å². The van der Waals surface area contributed by atoms with E-state index in [1.165, 1.54) is 21.8 Å². The van der Waals surface area contributed by atoms with Crippen molar-refractivity contribution in [3.63, 3.8) is 0 Å². The molecule has 2 heterocycles. The van der Waals surface area contributed by atoms with Crippen LogP contribution >= 0.6 is 11.3 Å². The number of anilines is 2. The molecule has 1 saturated heterocycles. The van der Waals surface area contributed by atoms with E-state index in [0.29, 0.717) is 11.0 Å². The van der Waals surface area contributed by atoms with Crippen LogP contribution in [0.4, 0.5) is 10.8 Å². The van der Waals surface area contributed by atoms with Crippen LogP contribution in [0.25, 0.3) is 10.2 Å². The molecule has 0 N–H and O–H groups in total. The molecule has 3 amide bonds. The first-order valence-corrected chi connectivity index (χ1v) is 12.9. The van der Waals surface area contributed by atoms with Crippen molar-refractivity contribution in [3.8, 4) is 0 Å². The van der Waals surface area contributed by atoms with Gasteiger partial charge in [-0.25, -0.2) is 4.98 Å². The highest BCUT2D eigenvalue weighted by Crippen LogP contribution is 2.39. The van der Waals surface area contributed by atoms with E-state index in [-0.39, 0.29) is 42.5 Å². The maximum atomic E-state index is 13.6. The highest BCUT2D eigenvalue weighted by Gasteiger charge is 2.48. The molecule has 7 heteroatoms. The second-order valence-corrected chi connectivity index (χ2v) is 10.5. The zero-order valence-electron chi connectivity index (χ0n) is 19.6. The van der Waals surface area contributed by atoms with E-state index in [1.54, 1.807) is 4.90 Å². The van der Waals surface area contributed by atoms with E-state index in [2.05, 4.69) is 13.8 Å². The molecule has 1 aliphatic heterocycles. The monoisotopic (exact) mass is 475 g/mol. The Morgan fingerprint density at radius 1 is 1.03 bits per heavy atom. The Labute approximate surface area is 203 Å². The van der Waals surface area contributed by atoms with Crippen molar-refractivity contribution in [1.29, 1.82) is 0 Å². The third-order valence-corrected chi connectivity index (χ3v) is 8.04. The van der Waals surface area contributed by atoms with Gasteiger partial charge in [-0.05, 0) is 48.6 Å². The molecule has 176 valence electrons. The molecule has 0 spiro atoms. The number of carbonyl (C=O) groups excluding carboxylic acids is 3. The van der Waals surface area contributed by atoms with Crippen LogP contribution in [0.2, 0.25) is 0 Å². The van der Waals surface area contributed by atoms with Crippen molar-refractivity contribution in [3.05, 3.63) is 54.1 Å². The van der Waals surface area contributed by atoms with E-state index < -0.39 is 0 Å². The largest absolute Gasteiger partial charge is 0.282 e. The summed E-state index contributed by atoms with van der Waals surface area (Å²) in [5, 5.41) is 0.594. The standard InChI is InChI=1S/C27H29N3O3S/c1-17(2)18-11-13-19(14-12-18)30(27-28-22-9-5-6-10-23(22)34-27)24(31)15-16-29-25(32)20-7-3-4-8-21(20)26(29)33/h5-6,9-14,17,20-21H,3-4,7-8,15-16H2,1-2H3/t20-,21-/m1/s1. The molecule has 2 fully saturated rings. The number of imide groups is 1. The Balaban J connectivity index is 1.41. The number of amides is 3. The minimum absolute atomic E-state index is 0.0682. The predicted molar refractivity (Wildman–Crippen MR) is 134 cm³/mol. The second-order valence-electron chi connectivity index (χ2n) is 9.52. The maximum absolute atomic E-state index is 13.6. The zero-order valence-corrected chi connectivity index (χ0v) is 20.4. The molecule has 0 unspecified atom stereocenters. The average Bonchev–Trinajstić information content (AvgIpc) is 3.37. The van der Waals surface area contributed by atoms with Gasteiger partial charge in [0.2, 0.25) is 17.7 Å². The summed E-state index contributed by atoms with van der Waals surface area (Å²) < 4.78 is 1.00. The van der Waals surface area contributed by atoms with Crippen LogP contribution in [-0.2, 0) is 14.4 Å². The van der Waals surface area contributed by atoms with Crippen LogP contribution in [-0.4, -0.2) is 34.2 Å². The molecule has 1 aromatic heterocycles. The van der Waals surface area contributed by atoms with Gasteiger partial charge in [0, 0.05) is 13.0 Å². The smallest absolute Gasteiger partial charge is 0.235 e. The fourth-order valence-corrected chi connectivity index (χ4v) is 6.10. The first kappa shape index (κ1) is 22.7. The lowest BCUT2D eigenvalue weighted by molar-refractivity contribution is -0.140. The highest BCUT2D eigenvalue weighted by atomic mass is 32.1. The zero-order chi connectivity index (χ0) is 23.8. The van der Waals surface area contributed by atoms with Crippen molar-refractivity contribution in [2.75, 3.05) is 11.4 Å². The van der Waals surface area contributed by atoms with E-state index in [4.69, 9.17) is 4.98 Å². The van der Waals surface area contributed by atoms with Crippen LogP contribution in [0.3, 0.4) is 0 Å². The van der Waals surface area contributed by atoms with E-state index in [0.717, 1.165) is 41.6 Å². The Morgan fingerprint density at radius 2 is 1.68 bits per heavy atom. The third kappa shape index (κ3) is 4.13. The van der Waals surface area contributed by atoms with Crippen molar-refractivity contribution in [2.24, 2.45) is 11.8 Å². The number of rotatable bonds is 6. The molecule has 2 aliphatic rings. The summed E-state index contributed by atoms with van der Waals surface area (Å²) in [6.07, 6.45) is 3.60. The van der Waals surface area contributed by atoms with Gasteiger partial charge in [-0.15, -0.1) is 0 Å². The molecular formula is C27H29N3O3S. The molecule has 3 aromatic rings. The summed E-state index contributed by atoms with van der Waals surface area (Å²) in [6, 6.07) is 15.8. The first-order valence-electron chi connectivity index (χ1n) is 12.1. The minimum Gasteiger partial charge on any atom is -0.282 e. The Bertz CT molecular complexity index is 1180. The summed E-state index contributed by atoms with van der Waals surface area (Å²) >= 11 is 1.46. The molecule has 0 bridgehead atoms. The number of benzene rings is 2. The lowest BCUT2D eigenvalue weighted by atomic mass is 9.81. The van der Waals surface area contributed by atoms with Crippen LogP contribution in [0, 0.1) is 11.8 Å². The quantitative estimate of drug-likeness (QED) is 0.432. The van der Waals surface area contributed by atoms with E-state index >= 15 is 0 Å². The normalized spacial score (nSPS) is 20.3. The second kappa shape index (κ2) is 9.29. The lowest BCUT2D eigenvalue weighted by Gasteiger charge is -2.22. The van der Waals surface area contributed by atoms with Gasteiger partial charge < -0.3 is 0 Å². The topological polar surface area (TPSA) is 70.6 Å². The van der Waals surface area contributed by atoms with Gasteiger partial charge in [-0.1, -0.05) is 62.3 Å². The van der Waals surface area contributed by atoms with Gasteiger partial charge in [0.05, 0.1) is 27.7 Å². The number of hydrogen-bond donors (Lipinski definition) is 0. The number of carbonyl (C=O) groups is 3. The van der Waals surface area contributed by atoms with Crippen LogP contribution in [0.15, 0.2) is 48.5 Å². The van der Waals surface area contributed by atoms with Gasteiger partial charge in [0.1, 0.15) is 0 Å². The maximum Gasteiger partial charge on any atom is 0.235 e. The number of nitrogens with zero attached hydrogens (tertiary/aromatic N) is 3. The molecule has 2 aromatic carbocycles. The lowest BCUT2D eigenvalue weighted by Crippen LogP contribution is -2.36. The summed E-state index contributed by atoms with van der Waals surface area (Å²) in [5.41, 5.74) is 2.77. The molecule has 2 atom stereocenters.